The molecule has 0 amide bonds. The van der Waals surface area contributed by atoms with E-state index in [0.717, 1.165) is 43.9 Å². The molecule has 2 saturated heterocycles. The van der Waals surface area contributed by atoms with Gasteiger partial charge in [-0.25, -0.2) is 0 Å². The lowest BCUT2D eigenvalue weighted by molar-refractivity contribution is -0.256. The fraction of sp³-hybridized carbons (Fsp3) is 0.750. The predicted octanol–water partition coefficient (Wildman–Crippen LogP) is 1.95. The topological polar surface area (TPSA) is 127 Å². The lowest BCUT2D eigenvalue weighted by Crippen LogP contribution is -2.55. The minimum Gasteiger partial charge on any atom is -0.499 e. The van der Waals surface area contributed by atoms with Crippen molar-refractivity contribution in [3.05, 3.63) is 35.0 Å². The molecule has 10 nitrogen and oxygen atoms in total. The van der Waals surface area contributed by atoms with Gasteiger partial charge in [0, 0.05) is 30.3 Å². The van der Waals surface area contributed by atoms with Crippen LogP contribution in [0.15, 0.2) is 35.0 Å². The minimum atomic E-state index is -2.09. The van der Waals surface area contributed by atoms with Gasteiger partial charge >= 0.3 is 5.97 Å². The summed E-state index contributed by atoms with van der Waals surface area (Å²) in [6.07, 6.45) is 3.71. The molecule has 0 radical (unpaired) electrons. The number of aliphatic hydroxyl groups is 3. The van der Waals surface area contributed by atoms with E-state index < -0.39 is 36.0 Å². The Morgan fingerprint density at radius 1 is 1.26 bits per heavy atom. The maximum Gasteiger partial charge on any atom is 0.308 e. The second-order valence-electron chi connectivity index (χ2n) is 12.0. The maximum absolute atomic E-state index is 12.2. The molecule has 5 aliphatic rings. The summed E-state index contributed by atoms with van der Waals surface area (Å²) in [6, 6.07) is 0. The Hall–Kier alpha value is -2.11. The molecule has 3 N–H and O–H groups in total. The molecule has 7 atom stereocenters. The summed E-state index contributed by atoms with van der Waals surface area (Å²) in [5.41, 5.74) is -2.57. The molecule has 7 unspecified atom stereocenters. The van der Waals surface area contributed by atoms with E-state index in [1.54, 1.807) is 7.11 Å². The molecular formula is C28H41NO9. The number of esters is 1. The zero-order chi connectivity index (χ0) is 27.5. The van der Waals surface area contributed by atoms with Gasteiger partial charge in [0.15, 0.2) is 12.0 Å². The Morgan fingerprint density at radius 3 is 2.71 bits per heavy atom. The van der Waals surface area contributed by atoms with E-state index in [9.17, 15) is 20.1 Å². The average Bonchev–Trinajstić information content (AvgIpc) is 3.53. The van der Waals surface area contributed by atoms with Crippen LogP contribution in [-0.4, -0.2) is 89.4 Å². The van der Waals surface area contributed by atoms with Crippen LogP contribution in [0.1, 0.15) is 52.9 Å². The molecular weight excluding hydrogens is 494 g/mol. The van der Waals surface area contributed by atoms with E-state index in [0.29, 0.717) is 5.76 Å². The molecule has 212 valence electrons. The van der Waals surface area contributed by atoms with E-state index in [4.69, 9.17) is 23.7 Å². The van der Waals surface area contributed by atoms with Crippen LogP contribution in [0.2, 0.25) is 0 Å². The normalized spacial score (nSPS) is 34.8. The van der Waals surface area contributed by atoms with Crippen LogP contribution in [0, 0.1) is 17.8 Å². The summed E-state index contributed by atoms with van der Waals surface area (Å²) < 4.78 is 28.6. The Balaban J connectivity index is 1.54. The second-order valence-corrected chi connectivity index (χ2v) is 12.0. The first-order valence-corrected chi connectivity index (χ1v) is 13.5. The van der Waals surface area contributed by atoms with Crippen molar-refractivity contribution in [2.24, 2.45) is 17.8 Å². The number of rotatable bonds is 8. The van der Waals surface area contributed by atoms with Crippen molar-refractivity contribution in [3.8, 4) is 0 Å². The first kappa shape index (κ1) is 27.5. The van der Waals surface area contributed by atoms with E-state index in [-0.39, 0.29) is 36.5 Å². The van der Waals surface area contributed by atoms with E-state index in [1.807, 2.05) is 0 Å². The van der Waals surface area contributed by atoms with Crippen LogP contribution in [0.3, 0.4) is 0 Å². The third kappa shape index (κ3) is 4.54. The smallest absolute Gasteiger partial charge is 0.308 e. The van der Waals surface area contributed by atoms with Crippen molar-refractivity contribution in [2.75, 3.05) is 34.1 Å². The Bertz CT molecular complexity index is 1050. The molecule has 2 fully saturated rings. The summed E-state index contributed by atoms with van der Waals surface area (Å²) in [4.78, 5) is 14.7. The number of carbonyl (C=O) groups is 1. The number of methoxy groups -OCH3 is 2. The number of allylic oxidation sites excluding steroid dienone is 2. The van der Waals surface area contributed by atoms with E-state index >= 15 is 0 Å². The van der Waals surface area contributed by atoms with Gasteiger partial charge in [-0.05, 0) is 57.7 Å². The van der Waals surface area contributed by atoms with Crippen LogP contribution < -0.4 is 0 Å². The van der Waals surface area contributed by atoms with Crippen LogP contribution in [0.25, 0.3) is 0 Å². The summed E-state index contributed by atoms with van der Waals surface area (Å²) in [5, 5.41) is 33.4. The van der Waals surface area contributed by atoms with E-state index in [2.05, 4.69) is 24.0 Å². The van der Waals surface area contributed by atoms with Crippen molar-refractivity contribution in [1.29, 1.82) is 0 Å². The van der Waals surface area contributed by atoms with Gasteiger partial charge in [-0.2, -0.15) is 0 Å². The zero-order valence-corrected chi connectivity index (χ0v) is 22.9. The van der Waals surface area contributed by atoms with Crippen LogP contribution in [-0.2, 0) is 28.5 Å². The predicted molar refractivity (Wildman–Crippen MR) is 135 cm³/mol. The highest BCUT2D eigenvalue weighted by molar-refractivity contribution is 5.70. The van der Waals surface area contributed by atoms with Crippen molar-refractivity contribution in [3.63, 3.8) is 0 Å². The van der Waals surface area contributed by atoms with Gasteiger partial charge in [0.25, 0.3) is 0 Å². The highest BCUT2D eigenvalue weighted by atomic mass is 16.7. The number of nitrogens with zero attached hydrogens (tertiary/aromatic N) is 1. The molecule has 0 saturated carbocycles. The summed E-state index contributed by atoms with van der Waals surface area (Å²) in [5.74, 6) is 1.35. The number of aliphatic hydroxyl groups excluding tert-OH is 1. The first-order chi connectivity index (χ1) is 17.9. The van der Waals surface area contributed by atoms with Crippen molar-refractivity contribution >= 4 is 5.97 Å². The molecule has 3 aliphatic heterocycles. The lowest BCUT2D eigenvalue weighted by Gasteiger charge is -2.46. The molecule has 3 heterocycles. The van der Waals surface area contributed by atoms with Gasteiger partial charge in [-0.3, -0.25) is 9.69 Å². The molecule has 5 rings (SSSR count). The molecule has 1 spiro atoms. The van der Waals surface area contributed by atoms with Crippen molar-refractivity contribution in [1.82, 2.24) is 4.90 Å². The molecule has 0 aromatic heterocycles. The minimum absolute atomic E-state index is 0.00750. The lowest BCUT2D eigenvalue weighted by atomic mass is 9.66. The Labute approximate surface area is 223 Å². The van der Waals surface area contributed by atoms with Crippen molar-refractivity contribution < 1.29 is 43.8 Å². The van der Waals surface area contributed by atoms with Gasteiger partial charge in [0.05, 0.1) is 26.2 Å². The largest absolute Gasteiger partial charge is 0.499 e. The fourth-order valence-corrected chi connectivity index (χ4v) is 7.60. The number of hydrogen-bond donors (Lipinski definition) is 3. The van der Waals surface area contributed by atoms with Gasteiger partial charge in [-0.15, -0.1) is 0 Å². The summed E-state index contributed by atoms with van der Waals surface area (Å²) in [7, 11) is 2.80. The van der Waals surface area contributed by atoms with E-state index in [1.165, 1.54) is 26.5 Å². The van der Waals surface area contributed by atoms with Gasteiger partial charge in [-0.1, -0.05) is 12.5 Å². The van der Waals surface area contributed by atoms with Gasteiger partial charge in [0.1, 0.15) is 23.2 Å². The molecule has 2 aliphatic carbocycles. The second kappa shape index (κ2) is 9.82. The first-order valence-electron chi connectivity index (χ1n) is 13.5. The summed E-state index contributed by atoms with van der Waals surface area (Å²) in [6.45, 7) is 7.17. The number of fused-ring (bicyclic) bond motifs is 2. The molecule has 10 heteroatoms. The summed E-state index contributed by atoms with van der Waals surface area (Å²) >= 11 is 0. The highest BCUT2D eigenvalue weighted by Gasteiger charge is 2.62. The van der Waals surface area contributed by atoms with Crippen LogP contribution in [0.4, 0.5) is 0 Å². The number of carbonyl (C=O) groups excluding carboxylic acids is 1. The van der Waals surface area contributed by atoms with Gasteiger partial charge < -0.3 is 39.0 Å². The van der Waals surface area contributed by atoms with Crippen LogP contribution in [0.5, 0.6) is 0 Å². The Kier molecular flexibility index (Phi) is 7.09. The average molecular weight is 536 g/mol. The van der Waals surface area contributed by atoms with Crippen LogP contribution >= 0.6 is 0 Å². The fourth-order valence-electron chi connectivity index (χ4n) is 7.60. The molecule has 38 heavy (non-hydrogen) atoms. The molecule has 0 aromatic rings. The maximum atomic E-state index is 12.2. The quantitative estimate of drug-likeness (QED) is 0.314. The molecule has 0 bridgehead atoms. The standard InChI is InChI=1S/C28H41NO9/c1-16-21-17(11-18-23(16)37-15-36-18)7-10-29-9-6-8-27(29)12-19(34-4)24(22(21)27)38-25(31)28(33,13-20(30)35-5)14-26(2,3)32/h11-12,16,21-22,24-25,31-33H,6-10,13-15H2,1-5H3. The third-order valence-electron chi connectivity index (χ3n) is 8.98. The monoisotopic (exact) mass is 535 g/mol. The zero-order valence-electron chi connectivity index (χ0n) is 22.9. The number of ether oxygens (including phenoxy) is 5. The van der Waals surface area contributed by atoms with Crippen molar-refractivity contribution in [2.45, 2.75) is 82.0 Å². The van der Waals surface area contributed by atoms with Gasteiger partial charge in [0.2, 0.25) is 6.79 Å². The number of hydrogen-bond acceptors (Lipinski definition) is 10. The molecule has 0 aromatic carbocycles. The Morgan fingerprint density at radius 2 is 2.03 bits per heavy atom. The third-order valence-corrected chi connectivity index (χ3v) is 8.98. The SMILES string of the molecule is COC(=O)CC(O)(CC(C)(C)O)C(O)OC1C(OC)=CC23CCCN2CCC2=CC4=C(OCO4)C(C)C2C13. The highest BCUT2D eigenvalue weighted by Crippen LogP contribution is 2.58.